The molecule has 0 radical (unpaired) electrons. The molecular formula is C14H24N2O4S. The Kier molecular flexibility index (Phi) is 7.10. The first-order chi connectivity index (χ1) is 9.90. The van der Waals surface area contributed by atoms with Crippen LogP contribution in [0.4, 0.5) is 0 Å². The van der Waals surface area contributed by atoms with E-state index in [0.29, 0.717) is 12.1 Å². The van der Waals surface area contributed by atoms with Crippen LogP contribution >= 0.6 is 0 Å². The highest BCUT2D eigenvalue weighted by molar-refractivity contribution is 7.89. The number of aliphatic hydroxyl groups is 1. The van der Waals surface area contributed by atoms with Gasteiger partial charge in [-0.25, -0.2) is 13.1 Å². The lowest BCUT2D eigenvalue weighted by Crippen LogP contribution is -2.26. The van der Waals surface area contributed by atoms with E-state index in [2.05, 4.69) is 9.62 Å². The van der Waals surface area contributed by atoms with Gasteiger partial charge >= 0.3 is 0 Å². The SMILES string of the molecule is COc1cc(CO)ccc1S(=O)(=O)NCCCCN(C)C. The monoisotopic (exact) mass is 316 g/mol. The summed E-state index contributed by atoms with van der Waals surface area (Å²) >= 11 is 0. The van der Waals surface area contributed by atoms with Crippen LogP contribution < -0.4 is 9.46 Å². The molecule has 120 valence electrons. The standard InChI is InChI=1S/C14H24N2O4S/c1-16(2)9-5-4-8-15-21(18,19)14-7-6-12(11-17)10-13(14)20-3/h6-7,10,15,17H,4-5,8-9,11H2,1-3H3. The van der Waals surface area contributed by atoms with E-state index in [1.807, 2.05) is 14.1 Å². The third-order valence-corrected chi connectivity index (χ3v) is 4.52. The van der Waals surface area contributed by atoms with Crippen LogP contribution in [0.15, 0.2) is 23.1 Å². The molecule has 0 aliphatic rings. The second-order valence-electron chi connectivity index (χ2n) is 5.05. The molecule has 21 heavy (non-hydrogen) atoms. The fourth-order valence-electron chi connectivity index (χ4n) is 1.87. The topological polar surface area (TPSA) is 78.9 Å². The smallest absolute Gasteiger partial charge is 0.244 e. The van der Waals surface area contributed by atoms with Crippen molar-refractivity contribution >= 4 is 10.0 Å². The molecule has 1 aromatic rings. The molecule has 0 atom stereocenters. The number of sulfonamides is 1. The first kappa shape index (κ1) is 17.9. The Morgan fingerprint density at radius 2 is 2.00 bits per heavy atom. The molecule has 0 saturated heterocycles. The number of nitrogens with zero attached hydrogens (tertiary/aromatic N) is 1. The van der Waals surface area contributed by atoms with Crippen molar-refractivity contribution < 1.29 is 18.3 Å². The predicted molar refractivity (Wildman–Crippen MR) is 81.9 cm³/mol. The number of methoxy groups -OCH3 is 1. The van der Waals surface area contributed by atoms with Gasteiger partial charge in [0.15, 0.2) is 0 Å². The van der Waals surface area contributed by atoms with Crippen molar-refractivity contribution in [2.75, 3.05) is 34.3 Å². The van der Waals surface area contributed by atoms with Crippen LogP contribution in [-0.2, 0) is 16.6 Å². The van der Waals surface area contributed by atoms with Crippen LogP contribution in [0.1, 0.15) is 18.4 Å². The number of hydrogen-bond acceptors (Lipinski definition) is 5. The summed E-state index contributed by atoms with van der Waals surface area (Å²) < 4.78 is 32.2. The largest absolute Gasteiger partial charge is 0.495 e. The van der Waals surface area contributed by atoms with Gasteiger partial charge in [-0.05, 0) is 51.2 Å². The summed E-state index contributed by atoms with van der Waals surface area (Å²) in [6, 6.07) is 4.55. The van der Waals surface area contributed by atoms with Crippen molar-refractivity contribution in [2.45, 2.75) is 24.3 Å². The number of unbranched alkanes of at least 4 members (excludes halogenated alkanes) is 1. The second-order valence-corrected chi connectivity index (χ2v) is 6.79. The van der Waals surface area contributed by atoms with Crippen molar-refractivity contribution in [1.29, 1.82) is 0 Å². The molecule has 0 amide bonds. The highest BCUT2D eigenvalue weighted by Gasteiger charge is 2.19. The van der Waals surface area contributed by atoms with Crippen LogP contribution in [-0.4, -0.2) is 52.7 Å². The molecule has 0 aliphatic carbocycles. The molecule has 1 aromatic carbocycles. The van der Waals surface area contributed by atoms with Crippen LogP contribution in [0.2, 0.25) is 0 Å². The van der Waals surface area contributed by atoms with Crippen LogP contribution in [0.5, 0.6) is 5.75 Å². The van der Waals surface area contributed by atoms with E-state index in [4.69, 9.17) is 9.84 Å². The molecule has 1 rings (SSSR count). The third-order valence-electron chi connectivity index (χ3n) is 3.02. The molecule has 6 nitrogen and oxygen atoms in total. The van der Waals surface area contributed by atoms with Crippen molar-refractivity contribution in [2.24, 2.45) is 0 Å². The zero-order valence-electron chi connectivity index (χ0n) is 12.8. The second kappa shape index (κ2) is 8.33. The van der Waals surface area contributed by atoms with E-state index >= 15 is 0 Å². The lowest BCUT2D eigenvalue weighted by Gasteiger charge is -2.12. The molecule has 0 saturated carbocycles. The zero-order chi connectivity index (χ0) is 15.9. The van der Waals surface area contributed by atoms with E-state index in [1.54, 1.807) is 6.07 Å². The number of ether oxygens (including phenoxy) is 1. The Balaban J connectivity index is 2.70. The molecule has 0 fully saturated rings. The summed E-state index contributed by atoms with van der Waals surface area (Å²) in [7, 11) is 1.78. The van der Waals surface area contributed by atoms with Gasteiger partial charge in [-0.15, -0.1) is 0 Å². The molecule has 0 spiro atoms. The zero-order valence-corrected chi connectivity index (χ0v) is 13.6. The molecule has 0 aliphatic heterocycles. The predicted octanol–water partition coefficient (Wildman–Crippen LogP) is 0.808. The van der Waals surface area contributed by atoms with Gasteiger partial charge < -0.3 is 14.7 Å². The van der Waals surface area contributed by atoms with Gasteiger partial charge in [0, 0.05) is 6.54 Å². The van der Waals surface area contributed by atoms with E-state index in [1.165, 1.54) is 19.2 Å². The molecular weight excluding hydrogens is 292 g/mol. The van der Waals surface area contributed by atoms with Crippen molar-refractivity contribution in [3.05, 3.63) is 23.8 Å². The molecule has 0 aromatic heterocycles. The third kappa shape index (κ3) is 5.62. The van der Waals surface area contributed by atoms with Gasteiger partial charge in [-0.2, -0.15) is 0 Å². The van der Waals surface area contributed by atoms with Gasteiger partial charge in [0.05, 0.1) is 13.7 Å². The summed E-state index contributed by atoms with van der Waals surface area (Å²) in [6.45, 7) is 1.16. The van der Waals surface area contributed by atoms with Gasteiger partial charge in [0.25, 0.3) is 0 Å². The van der Waals surface area contributed by atoms with E-state index in [9.17, 15) is 8.42 Å². The van der Waals surface area contributed by atoms with Gasteiger partial charge in [0.2, 0.25) is 10.0 Å². The van der Waals surface area contributed by atoms with Gasteiger partial charge in [0.1, 0.15) is 10.6 Å². The van der Waals surface area contributed by atoms with E-state index < -0.39 is 10.0 Å². The fourth-order valence-corrected chi connectivity index (χ4v) is 3.09. The maximum atomic E-state index is 12.2. The van der Waals surface area contributed by atoms with Gasteiger partial charge in [-0.1, -0.05) is 6.07 Å². The molecule has 2 N–H and O–H groups in total. The molecule has 0 unspecified atom stereocenters. The van der Waals surface area contributed by atoms with Crippen LogP contribution in [0.25, 0.3) is 0 Å². The first-order valence-corrected chi connectivity index (χ1v) is 8.31. The van der Waals surface area contributed by atoms with Crippen LogP contribution in [0.3, 0.4) is 0 Å². The van der Waals surface area contributed by atoms with Gasteiger partial charge in [-0.3, -0.25) is 0 Å². The Morgan fingerprint density at radius 1 is 1.29 bits per heavy atom. The summed E-state index contributed by atoms with van der Waals surface area (Å²) in [5.74, 6) is 0.238. The fraction of sp³-hybridized carbons (Fsp3) is 0.571. The Labute approximate surface area is 126 Å². The minimum atomic E-state index is -3.60. The van der Waals surface area contributed by atoms with Crippen molar-refractivity contribution in [3.63, 3.8) is 0 Å². The average molecular weight is 316 g/mol. The summed E-state index contributed by atoms with van der Waals surface area (Å²) in [5.41, 5.74) is 0.608. The van der Waals surface area contributed by atoms with E-state index in [0.717, 1.165) is 19.4 Å². The minimum Gasteiger partial charge on any atom is -0.495 e. The Hall–Kier alpha value is -1.15. The quantitative estimate of drug-likeness (QED) is 0.659. The summed E-state index contributed by atoms with van der Waals surface area (Å²) in [5, 5.41) is 9.07. The number of aliphatic hydroxyl groups excluding tert-OH is 1. The number of nitrogens with one attached hydrogen (secondary N) is 1. The molecule has 7 heteroatoms. The van der Waals surface area contributed by atoms with Crippen molar-refractivity contribution in [1.82, 2.24) is 9.62 Å². The molecule has 0 bridgehead atoms. The maximum Gasteiger partial charge on any atom is 0.244 e. The molecule has 0 heterocycles. The summed E-state index contributed by atoms with van der Waals surface area (Å²) in [4.78, 5) is 2.15. The highest BCUT2D eigenvalue weighted by atomic mass is 32.2. The minimum absolute atomic E-state index is 0.0924. The Bertz CT molecular complexity index is 544. The van der Waals surface area contributed by atoms with E-state index in [-0.39, 0.29) is 17.3 Å². The van der Waals surface area contributed by atoms with Crippen LogP contribution in [0, 0.1) is 0 Å². The maximum absolute atomic E-state index is 12.2. The lowest BCUT2D eigenvalue weighted by molar-refractivity contribution is 0.280. The number of benzene rings is 1. The first-order valence-electron chi connectivity index (χ1n) is 6.83. The average Bonchev–Trinajstić information content (AvgIpc) is 2.45. The number of hydrogen-bond donors (Lipinski definition) is 2. The number of rotatable bonds is 9. The van der Waals surface area contributed by atoms with Crippen molar-refractivity contribution in [3.8, 4) is 5.75 Å². The lowest BCUT2D eigenvalue weighted by atomic mass is 10.2. The Morgan fingerprint density at radius 3 is 2.57 bits per heavy atom. The summed E-state index contributed by atoms with van der Waals surface area (Å²) in [6.07, 6.45) is 1.70. The normalized spacial score (nSPS) is 11.9. The highest BCUT2D eigenvalue weighted by Crippen LogP contribution is 2.24.